The zero-order valence-electron chi connectivity index (χ0n) is 11.4. The van der Waals surface area contributed by atoms with Crippen molar-refractivity contribution in [2.24, 2.45) is 5.73 Å². The first-order valence-corrected chi connectivity index (χ1v) is 8.34. The Bertz CT molecular complexity index is 561. The van der Waals surface area contributed by atoms with Gasteiger partial charge >= 0.3 is 0 Å². The number of hydrogen-bond donors (Lipinski definition) is 2. The van der Waals surface area contributed by atoms with E-state index >= 15 is 0 Å². The second-order valence-corrected chi connectivity index (χ2v) is 8.53. The molecule has 0 bridgehead atoms. The summed E-state index contributed by atoms with van der Waals surface area (Å²) >= 11 is 5.90. The molecule has 0 aliphatic heterocycles. The second-order valence-electron chi connectivity index (χ2n) is 5.01. The van der Waals surface area contributed by atoms with Crippen LogP contribution in [0.15, 0.2) is 16.3 Å². The summed E-state index contributed by atoms with van der Waals surface area (Å²) in [7, 11) is 0.301. The number of sulfonamides is 1. The first-order valence-electron chi connectivity index (χ1n) is 5.63. The number of nitrogens with one attached hydrogen (secondary N) is 1. The van der Waals surface area contributed by atoms with Gasteiger partial charge in [0, 0.05) is 12.1 Å². The molecule has 0 aliphatic rings. The maximum absolute atomic E-state index is 12.1. The van der Waals surface area contributed by atoms with Gasteiger partial charge in [-0.15, -0.1) is 11.3 Å². The molecule has 0 radical (unpaired) electrons. The molecule has 1 heterocycles. The van der Waals surface area contributed by atoms with Crippen LogP contribution in [-0.4, -0.2) is 44.5 Å². The second kappa shape index (κ2) is 5.84. The van der Waals surface area contributed by atoms with Crippen molar-refractivity contribution in [2.45, 2.75) is 23.6 Å². The molecule has 1 rings (SSSR count). The fourth-order valence-corrected chi connectivity index (χ4v) is 3.70. The third-order valence-corrected chi connectivity index (χ3v) is 6.36. The molecule has 0 amide bonds. The average Bonchev–Trinajstić information content (AvgIpc) is 2.76. The van der Waals surface area contributed by atoms with Gasteiger partial charge in [0.25, 0.3) is 0 Å². The Morgan fingerprint density at radius 3 is 2.47 bits per heavy atom. The van der Waals surface area contributed by atoms with Crippen LogP contribution in [0.3, 0.4) is 0 Å². The van der Waals surface area contributed by atoms with Gasteiger partial charge in [0.15, 0.2) is 0 Å². The van der Waals surface area contributed by atoms with Crippen molar-refractivity contribution in [3.63, 3.8) is 0 Å². The standard InChI is InChI=1S/C11H19N3O2S3/c1-11(2,14(3)4)7-13-19(15,16)9-6-5-8(18-9)10(12)17/h5-6,13H,7H2,1-4H3,(H2,12,17). The van der Waals surface area contributed by atoms with Crippen molar-refractivity contribution in [3.8, 4) is 0 Å². The topological polar surface area (TPSA) is 75.4 Å². The van der Waals surface area contributed by atoms with Crippen LogP contribution < -0.4 is 10.5 Å². The molecule has 8 heteroatoms. The molecule has 0 atom stereocenters. The molecule has 0 aromatic carbocycles. The number of likely N-dealkylation sites (N-methyl/N-ethyl adjacent to an activating group) is 1. The minimum absolute atomic E-state index is 0.208. The number of thiophene rings is 1. The summed E-state index contributed by atoms with van der Waals surface area (Å²) in [5, 5.41) is 0. The summed E-state index contributed by atoms with van der Waals surface area (Å²) in [6.45, 7) is 4.25. The Morgan fingerprint density at radius 1 is 1.47 bits per heavy atom. The van der Waals surface area contributed by atoms with Crippen LogP contribution in [0.25, 0.3) is 0 Å². The fourth-order valence-electron chi connectivity index (χ4n) is 1.10. The van der Waals surface area contributed by atoms with Crippen LogP contribution >= 0.6 is 23.6 Å². The van der Waals surface area contributed by atoms with E-state index in [4.69, 9.17) is 18.0 Å². The van der Waals surface area contributed by atoms with Crippen molar-refractivity contribution in [1.82, 2.24) is 9.62 Å². The quantitative estimate of drug-likeness (QED) is 0.765. The molecular formula is C11H19N3O2S3. The molecule has 108 valence electrons. The molecule has 19 heavy (non-hydrogen) atoms. The first-order chi connectivity index (χ1) is 8.56. The van der Waals surface area contributed by atoms with Crippen LogP contribution in [-0.2, 0) is 10.0 Å². The van der Waals surface area contributed by atoms with Gasteiger partial charge in [-0.1, -0.05) is 12.2 Å². The van der Waals surface area contributed by atoms with Crippen LogP contribution in [0, 0.1) is 0 Å². The van der Waals surface area contributed by atoms with E-state index in [-0.39, 0.29) is 14.7 Å². The Balaban J connectivity index is 2.84. The first kappa shape index (κ1) is 16.5. The Hall–Kier alpha value is -0.540. The molecule has 1 aromatic heterocycles. The maximum atomic E-state index is 12.1. The molecule has 0 unspecified atom stereocenters. The minimum atomic E-state index is -3.51. The van der Waals surface area contributed by atoms with E-state index in [1.165, 1.54) is 6.07 Å². The van der Waals surface area contributed by atoms with E-state index in [2.05, 4.69) is 4.72 Å². The predicted molar refractivity (Wildman–Crippen MR) is 83.2 cm³/mol. The summed E-state index contributed by atoms with van der Waals surface area (Å²) in [5.74, 6) is 0. The SMILES string of the molecule is CN(C)C(C)(C)CNS(=O)(=O)c1ccc(C(N)=S)s1. The lowest BCUT2D eigenvalue weighted by atomic mass is 10.1. The van der Waals surface area contributed by atoms with Gasteiger partial charge in [-0.2, -0.15) is 0 Å². The van der Waals surface area contributed by atoms with Gasteiger partial charge in [-0.3, -0.25) is 0 Å². The largest absolute Gasteiger partial charge is 0.389 e. The molecule has 3 N–H and O–H groups in total. The van der Waals surface area contributed by atoms with E-state index in [1.807, 2.05) is 32.8 Å². The van der Waals surface area contributed by atoms with E-state index in [0.29, 0.717) is 11.4 Å². The summed E-state index contributed by atoms with van der Waals surface area (Å²) < 4.78 is 27.1. The van der Waals surface area contributed by atoms with Crippen LogP contribution in [0.1, 0.15) is 18.7 Å². The molecule has 0 saturated heterocycles. The monoisotopic (exact) mass is 321 g/mol. The zero-order valence-corrected chi connectivity index (χ0v) is 13.9. The smallest absolute Gasteiger partial charge is 0.250 e. The molecule has 0 spiro atoms. The van der Waals surface area contributed by atoms with E-state index in [9.17, 15) is 8.42 Å². The predicted octanol–water partition coefficient (Wildman–Crippen LogP) is 1.00. The zero-order chi connectivity index (χ0) is 14.8. The van der Waals surface area contributed by atoms with Crippen LogP contribution in [0.5, 0.6) is 0 Å². The van der Waals surface area contributed by atoms with Crippen molar-refractivity contribution >= 4 is 38.6 Å². The highest BCUT2D eigenvalue weighted by molar-refractivity contribution is 7.91. The van der Waals surface area contributed by atoms with Gasteiger partial charge in [0.1, 0.15) is 9.20 Å². The van der Waals surface area contributed by atoms with Crippen molar-refractivity contribution in [1.29, 1.82) is 0 Å². The summed E-state index contributed by atoms with van der Waals surface area (Å²) in [4.78, 5) is 2.77. The highest BCUT2D eigenvalue weighted by Crippen LogP contribution is 2.21. The lowest BCUT2D eigenvalue weighted by Crippen LogP contribution is -2.47. The highest BCUT2D eigenvalue weighted by Gasteiger charge is 2.25. The molecule has 0 saturated carbocycles. The van der Waals surface area contributed by atoms with E-state index in [1.54, 1.807) is 6.07 Å². The van der Waals surface area contributed by atoms with Crippen molar-refractivity contribution in [3.05, 3.63) is 17.0 Å². The summed E-state index contributed by atoms with van der Waals surface area (Å²) in [5.41, 5.74) is 5.21. The highest BCUT2D eigenvalue weighted by atomic mass is 32.2. The number of thiocarbonyl (C=S) groups is 1. The molecule has 5 nitrogen and oxygen atoms in total. The normalized spacial score (nSPS) is 12.9. The van der Waals surface area contributed by atoms with Crippen molar-refractivity contribution in [2.75, 3.05) is 20.6 Å². The summed E-state index contributed by atoms with van der Waals surface area (Å²) in [6.07, 6.45) is 0. The number of hydrogen-bond acceptors (Lipinski definition) is 5. The lowest BCUT2D eigenvalue weighted by Gasteiger charge is -2.32. The molecule has 0 fully saturated rings. The van der Waals surface area contributed by atoms with Crippen molar-refractivity contribution < 1.29 is 8.42 Å². The summed E-state index contributed by atoms with van der Waals surface area (Å²) in [6, 6.07) is 3.14. The van der Waals surface area contributed by atoms with Gasteiger partial charge in [0.2, 0.25) is 10.0 Å². The third kappa shape index (κ3) is 4.22. The van der Waals surface area contributed by atoms with Gasteiger partial charge < -0.3 is 10.6 Å². The third-order valence-electron chi connectivity index (χ3n) is 2.99. The Kier molecular flexibility index (Phi) is 5.08. The maximum Gasteiger partial charge on any atom is 0.250 e. The Labute approximate surface area is 123 Å². The molecular weight excluding hydrogens is 302 g/mol. The number of nitrogens with zero attached hydrogens (tertiary/aromatic N) is 1. The van der Waals surface area contributed by atoms with Crippen LogP contribution in [0.2, 0.25) is 0 Å². The van der Waals surface area contributed by atoms with Gasteiger partial charge in [0.05, 0.1) is 4.88 Å². The van der Waals surface area contributed by atoms with Crippen LogP contribution in [0.4, 0.5) is 0 Å². The minimum Gasteiger partial charge on any atom is -0.389 e. The Morgan fingerprint density at radius 2 is 2.05 bits per heavy atom. The number of nitrogens with two attached hydrogens (primary N) is 1. The molecule has 1 aromatic rings. The van der Waals surface area contributed by atoms with Gasteiger partial charge in [-0.25, -0.2) is 13.1 Å². The van der Waals surface area contributed by atoms with E-state index < -0.39 is 10.0 Å². The van der Waals surface area contributed by atoms with Gasteiger partial charge in [-0.05, 0) is 40.1 Å². The lowest BCUT2D eigenvalue weighted by molar-refractivity contribution is 0.199. The fraction of sp³-hybridized carbons (Fsp3) is 0.545. The molecule has 0 aliphatic carbocycles. The number of rotatable bonds is 6. The average molecular weight is 321 g/mol. The van der Waals surface area contributed by atoms with E-state index in [0.717, 1.165) is 11.3 Å².